The van der Waals surface area contributed by atoms with E-state index in [0.717, 1.165) is 22.2 Å². The number of nitrogens with zero attached hydrogens (tertiary/aromatic N) is 2. The predicted octanol–water partition coefficient (Wildman–Crippen LogP) is 4.53. The third-order valence-corrected chi connectivity index (χ3v) is 4.82. The van der Waals surface area contributed by atoms with Crippen LogP contribution in [0.5, 0.6) is 5.75 Å². The number of benzene rings is 1. The highest BCUT2D eigenvalue weighted by Crippen LogP contribution is 2.30. The van der Waals surface area contributed by atoms with Gasteiger partial charge in [0.2, 0.25) is 11.8 Å². The van der Waals surface area contributed by atoms with E-state index in [-0.39, 0.29) is 5.41 Å². The van der Waals surface area contributed by atoms with E-state index in [1.54, 1.807) is 30.6 Å². The summed E-state index contributed by atoms with van der Waals surface area (Å²) < 4.78 is 11.1. The van der Waals surface area contributed by atoms with Crippen LogP contribution >= 0.6 is 23.5 Å². The van der Waals surface area contributed by atoms with E-state index >= 15 is 0 Å². The lowest BCUT2D eigenvalue weighted by Crippen LogP contribution is -2.11. The number of rotatable bonds is 6. The highest BCUT2D eigenvalue weighted by molar-refractivity contribution is 7.98. The quantitative estimate of drug-likeness (QED) is 0.721. The van der Waals surface area contributed by atoms with Crippen molar-refractivity contribution in [3.05, 3.63) is 35.5 Å². The fraction of sp³-hybridized carbons (Fsp3) is 0.500. The van der Waals surface area contributed by atoms with Crippen molar-refractivity contribution >= 4 is 23.5 Å². The molecule has 6 heteroatoms. The van der Waals surface area contributed by atoms with E-state index in [1.165, 1.54) is 5.56 Å². The van der Waals surface area contributed by atoms with Gasteiger partial charge >= 0.3 is 0 Å². The van der Waals surface area contributed by atoms with Gasteiger partial charge in [0.1, 0.15) is 5.75 Å². The average molecular weight is 338 g/mol. The van der Waals surface area contributed by atoms with Gasteiger partial charge in [0.15, 0.2) is 0 Å². The fourth-order valence-electron chi connectivity index (χ4n) is 1.84. The highest BCUT2D eigenvalue weighted by Gasteiger charge is 2.21. The second-order valence-corrected chi connectivity index (χ2v) is 7.77. The normalized spacial score (nSPS) is 11.7. The molecule has 0 N–H and O–H groups in total. The zero-order valence-electron chi connectivity index (χ0n) is 13.7. The zero-order valence-corrected chi connectivity index (χ0v) is 15.3. The molecule has 0 saturated heterocycles. The molecule has 0 unspecified atom stereocenters. The molecule has 1 aromatic carbocycles. The molecule has 1 aromatic heterocycles. The molecule has 2 aromatic rings. The summed E-state index contributed by atoms with van der Waals surface area (Å²) in [6.45, 7) is 6.20. The Morgan fingerprint density at radius 3 is 2.55 bits per heavy atom. The van der Waals surface area contributed by atoms with E-state index in [9.17, 15) is 0 Å². The largest absolute Gasteiger partial charge is 0.496 e. The lowest BCUT2D eigenvalue weighted by molar-refractivity contribution is 0.378. The summed E-state index contributed by atoms with van der Waals surface area (Å²) in [5.41, 5.74) is 1.13. The van der Waals surface area contributed by atoms with E-state index < -0.39 is 0 Å². The highest BCUT2D eigenvalue weighted by atomic mass is 32.2. The minimum atomic E-state index is -0.100. The van der Waals surface area contributed by atoms with Gasteiger partial charge in [-0.25, -0.2) is 0 Å². The molecule has 22 heavy (non-hydrogen) atoms. The summed E-state index contributed by atoms with van der Waals surface area (Å²) in [6.07, 6.45) is 2.05. The summed E-state index contributed by atoms with van der Waals surface area (Å²) in [4.78, 5) is 1.16. The predicted molar refractivity (Wildman–Crippen MR) is 92.8 cm³/mol. The average Bonchev–Trinajstić information content (AvgIpc) is 2.96. The molecule has 0 bridgehead atoms. The van der Waals surface area contributed by atoms with Gasteiger partial charge in [-0.2, -0.15) is 0 Å². The monoisotopic (exact) mass is 338 g/mol. The standard InChI is InChI=1S/C16H22N2O2S2/c1-16(2,3)15-18-17-14(20-15)10-22-9-11-6-7-13(21-5)12(8-11)19-4/h6-8H,9-10H2,1-5H3. The van der Waals surface area contributed by atoms with Gasteiger partial charge in [0.05, 0.1) is 12.9 Å². The molecule has 0 aliphatic carbocycles. The van der Waals surface area contributed by atoms with Crippen molar-refractivity contribution in [2.24, 2.45) is 0 Å². The first-order chi connectivity index (χ1) is 10.4. The molecule has 0 atom stereocenters. The maximum Gasteiger partial charge on any atom is 0.226 e. The van der Waals surface area contributed by atoms with E-state index in [4.69, 9.17) is 9.15 Å². The number of hydrogen-bond acceptors (Lipinski definition) is 6. The van der Waals surface area contributed by atoms with Crippen LogP contribution in [0.1, 0.15) is 38.1 Å². The third-order valence-electron chi connectivity index (χ3n) is 3.05. The molecule has 4 nitrogen and oxygen atoms in total. The van der Waals surface area contributed by atoms with Crippen LogP contribution in [0, 0.1) is 0 Å². The molecular formula is C16H22N2O2S2. The first kappa shape index (κ1) is 17.2. The lowest BCUT2D eigenvalue weighted by Gasteiger charge is -2.11. The molecule has 0 amide bonds. The van der Waals surface area contributed by atoms with Crippen LogP contribution in [0.3, 0.4) is 0 Å². The Kier molecular flexibility index (Phi) is 5.81. The van der Waals surface area contributed by atoms with E-state index in [2.05, 4.69) is 55.4 Å². The Labute approximate surface area is 140 Å². The molecule has 1 heterocycles. The van der Waals surface area contributed by atoms with Crippen LogP contribution in [0.4, 0.5) is 0 Å². The SMILES string of the molecule is COc1cc(CSCc2nnc(C(C)(C)C)o2)ccc1SC. The molecule has 0 aliphatic rings. The van der Waals surface area contributed by atoms with Crippen LogP contribution in [-0.4, -0.2) is 23.6 Å². The number of thioether (sulfide) groups is 2. The summed E-state index contributed by atoms with van der Waals surface area (Å²) in [5.74, 6) is 3.91. The van der Waals surface area contributed by atoms with Gasteiger partial charge < -0.3 is 9.15 Å². The molecule has 0 saturated carbocycles. The topological polar surface area (TPSA) is 48.2 Å². The number of methoxy groups -OCH3 is 1. The second kappa shape index (κ2) is 7.42. The molecule has 0 spiro atoms. The Hall–Kier alpha value is -1.14. The first-order valence-electron chi connectivity index (χ1n) is 7.05. The maximum atomic E-state index is 5.70. The summed E-state index contributed by atoms with van der Waals surface area (Å²) in [5, 5.41) is 8.22. The zero-order chi connectivity index (χ0) is 16.2. The van der Waals surface area contributed by atoms with Crippen molar-refractivity contribution in [1.29, 1.82) is 0 Å². The lowest BCUT2D eigenvalue weighted by atomic mass is 9.97. The third kappa shape index (κ3) is 4.43. The van der Waals surface area contributed by atoms with Gasteiger partial charge in [0.25, 0.3) is 0 Å². The van der Waals surface area contributed by atoms with Crippen molar-refractivity contribution in [1.82, 2.24) is 10.2 Å². The molecule has 0 aliphatic heterocycles. The van der Waals surface area contributed by atoms with Gasteiger partial charge in [-0.05, 0) is 24.0 Å². The van der Waals surface area contributed by atoms with Crippen LogP contribution in [0.15, 0.2) is 27.5 Å². The minimum Gasteiger partial charge on any atom is -0.496 e. The minimum absolute atomic E-state index is 0.100. The van der Waals surface area contributed by atoms with Crippen molar-refractivity contribution in [2.45, 2.75) is 42.6 Å². The Morgan fingerprint density at radius 2 is 1.95 bits per heavy atom. The van der Waals surface area contributed by atoms with Gasteiger partial charge in [0, 0.05) is 16.1 Å². The van der Waals surface area contributed by atoms with Gasteiger partial charge in [-0.1, -0.05) is 26.8 Å². The van der Waals surface area contributed by atoms with E-state index in [1.807, 2.05) is 0 Å². The molecule has 120 valence electrons. The Bertz CT molecular complexity index is 621. The first-order valence-corrected chi connectivity index (χ1v) is 9.43. The number of aromatic nitrogens is 2. The van der Waals surface area contributed by atoms with Crippen LogP contribution in [0.2, 0.25) is 0 Å². The van der Waals surface area contributed by atoms with E-state index in [0.29, 0.717) is 11.8 Å². The smallest absolute Gasteiger partial charge is 0.226 e. The van der Waals surface area contributed by atoms with Gasteiger partial charge in [-0.15, -0.1) is 33.7 Å². The fourth-order valence-corrected chi connectivity index (χ4v) is 3.20. The summed E-state index contributed by atoms with van der Waals surface area (Å²) >= 11 is 3.45. The molecule has 0 radical (unpaired) electrons. The van der Waals surface area contributed by atoms with Crippen molar-refractivity contribution in [3.8, 4) is 5.75 Å². The number of ether oxygens (including phenoxy) is 1. The van der Waals surface area contributed by atoms with Crippen molar-refractivity contribution in [3.63, 3.8) is 0 Å². The molecule has 2 rings (SSSR count). The van der Waals surface area contributed by atoms with Crippen molar-refractivity contribution in [2.75, 3.05) is 13.4 Å². The summed E-state index contributed by atoms with van der Waals surface area (Å²) in [6, 6.07) is 6.33. The van der Waals surface area contributed by atoms with Gasteiger partial charge in [-0.3, -0.25) is 0 Å². The van der Waals surface area contributed by atoms with Crippen LogP contribution in [0.25, 0.3) is 0 Å². The Balaban J connectivity index is 1.92. The summed E-state index contributed by atoms with van der Waals surface area (Å²) in [7, 11) is 1.71. The molecule has 0 fully saturated rings. The van der Waals surface area contributed by atoms with Crippen LogP contribution in [-0.2, 0) is 16.9 Å². The van der Waals surface area contributed by atoms with Crippen LogP contribution < -0.4 is 4.74 Å². The maximum absolute atomic E-state index is 5.70. The van der Waals surface area contributed by atoms with Crippen molar-refractivity contribution < 1.29 is 9.15 Å². The second-order valence-electron chi connectivity index (χ2n) is 5.93. The Morgan fingerprint density at radius 1 is 1.18 bits per heavy atom. The number of hydrogen-bond donors (Lipinski definition) is 0. The molecular weight excluding hydrogens is 316 g/mol.